The molecule has 1 aromatic carbocycles. The second-order valence-corrected chi connectivity index (χ2v) is 5.21. The van der Waals surface area contributed by atoms with Crippen molar-refractivity contribution in [2.75, 3.05) is 26.3 Å². The zero-order valence-electron chi connectivity index (χ0n) is 11.6. The highest BCUT2D eigenvalue weighted by molar-refractivity contribution is 5.20. The molecule has 2 rings (SSSR count). The Kier molecular flexibility index (Phi) is 6.18. The van der Waals surface area contributed by atoms with Gasteiger partial charge in [0.2, 0.25) is 0 Å². The normalized spacial score (nSPS) is 15.5. The first-order valence-electron chi connectivity index (χ1n) is 7.43. The van der Waals surface area contributed by atoms with Gasteiger partial charge in [0.15, 0.2) is 0 Å². The summed E-state index contributed by atoms with van der Waals surface area (Å²) in [6.45, 7) is 3.17. The first-order chi connectivity index (χ1) is 9.40. The van der Waals surface area contributed by atoms with Crippen LogP contribution in [0.25, 0.3) is 0 Å². The van der Waals surface area contributed by atoms with Crippen LogP contribution in [0.15, 0.2) is 30.3 Å². The molecule has 1 N–H and O–H groups in total. The van der Waals surface area contributed by atoms with E-state index >= 15 is 0 Å². The van der Waals surface area contributed by atoms with E-state index in [0.717, 1.165) is 44.3 Å². The Balaban J connectivity index is 1.64. The van der Waals surface area contributed by atoms with Gasteiger partial charge in [-0.25, -0.2) is 0 Å². The number of aliphatic hydroxyl groups excluding tert-OH is 1. The molecule has 0 spiro atoms. The monoisotopic (exact) mass is 263 g/mol. The first kappa shape index (κ1) is 14.4. The fourth-order valence-corrected chi connectivity index (χ4v) is 2.48. The molecule has 1 saturated carbocycles. The lowest BCUT2D eigenvalue weighted by Gasteiger charge is -2.37. The van der Waals surface area contributed by atoms with E-state index in [4.69, 9.17) is 9.84 Å². The Hall–Kier alpha value is -1.06. The molecule has 0 saturated heterocycles. The first-order valence-corrected chi connectivity index (χ1v) is 7.43. The van der Waals surface area contributed by atoms with Gasteiger partial charge in [-0.05, 0) is 37.8 Å². The molecule has 3 heteroatoms. The van der Waals surface area contributed by atoms with Crippen molar-refractivity contribution < 1.29 is 9.84 Å². The smallest absolute Gasteiger partial charge is 0.119 e. The highest BCUT2D eigenvalue weighted by Crippen LogP contribution is 2.25. The molecule has 3 nitrogen and oxygen atoms in total. The Morgan fingerprint density at radius 3 is 2.47 bits per heavy atom. The minimum atomic E-state index is 0.295. The summed E-state index contributed by atoms with van der Waals surface area (Å²) in [5, 5.41) is 8.96. The fraction of sp³-hybridized carbons (Fsp3) is 0.625. The van der Waals surface area contributed by atoms with Gasteiger partial charge in [-0.2, -0.15) is 0 Å². The lowest BCUT2D eigenvalue weighted by molar-refractivity contribution is 0.109. The Bertz CT molecular complexity index is 338. The van der Waals surface area contributed by atoms with Gasteiger partial charge >= 0.3 is 0 Å². The summed E-state index contributed by atoms with van der Waals surface area (Å²) in [5.74, 6) is 0.952. The van der Waals surface area contributed by atoms with Crippen molar-refractivity contribution in [1.82, 2.24) is 4.90 Å². The maximum absolute atomic E-state index is 8.96. The zero-order chi connectivity index (χ0) is 13.3. The van der Waals surface area contributed by atoms with Gasteiger partial charge in [-0.1, -0.05) is 24.6 Å². The van der Waals surface area contributed by atoms with E-state index in [2.05, 4.69) is 4.90 Å². The van der Waals surface area contributed by atoms with E-state index in [9.17, 15) is 0 Å². The van der Waals surface area contributed by atoms with Crippen LogP contribution in [0.3, 0.4) is 0 Å². The highest BCUT2D eigenvalue weighted by atomic mass is 16.5. The maximum Gasteiger partial charge on any atom is 0.119 e. The Morgan fingerprint density at radius 1 is 1.11 bits per heavy atom. The summed E-state index contributed by atoms with van der Waals surface area (Å²) < 4.78 is 5.72. The standard InChI is InChI=1S/C16H25NO2/c18-13-5-11-17(15-7-4-8-15)12-6-14-19-16-9-2-1-3-10-16/h1-3,9-10,15,18H,4-8,11-14H2. The maximum atomic E-state index is 8.96. The van der Waals surface area contributed by atoms with Crippen LogP contribution >= 0.6 is 0 Å². The number of aliphatic hydroxyl groups is 1. The quantitative estimate of drug-likeness (QED) is 0.695. The number of hydrogen-bond acceptors (Lipinski definition) is 3. The molecule has 19 heavy (non-hydrogen) atoms. The topological polar surface area (TPSA) is 32.7 Å². The van der Waals surface area contributed by atoms with Crippen molar-refractivity contribution in [1.29, 1.82) is 0 Å². The minimum absolute atomic E-state index is 0.295. The fourth-order valence-electron chi connectivity index (χ4n) is 2.48. The van der Waals surface area contributed by atoms with Crippen molar-refractivity contribution >= 4 is 0 Å². The molecule has 1 aliphatic carbocycles. The van der Waals surface area contributed by atoms with Crippen LogP contribution in [-0.2, 0) is 0 Å². The van der Waals surface area contributed by atoms with Crippen LogP contribution in [-0.4, -0.2) is 42.4 Å². The molecule has 0 bridgehead atoms. The van der Waals surface area contributed by atoms with Crippen LogP contribution < -0.4 is 4.74 Å². The molecular weight excluding hydrogens is 238 g/mol. The molecule has 0 amide bonds. The summed E-state index contributed by atoms with van der Waals surface area (Å²) in [4.78, 5) is 2.52. The van der Waals surface area contributed by atoms with Gasteiger partial charge in [-0.3, -0.25) is 0 Å². The number of nitrogens with zero attached hydrogens (tertiary/aromatic N) is 1. The summed E-state index contributed by atoms with van der Waals surface area (Å²) in [5.41, 5.74) is 0. The second-order valence-electron chi connectivity index (χ2n) is 5.21. The largest absolute Gasteiger partial charge is 0.494 e. The predicted octanol–water partition coefficient (Wildman–Crippen LogP) is 2.69. The second kappa shape index (κ2) is 8.18. The average Bonchev–Trinajstić information content (AvgIpc) is 2.39. The van der Waals surface area contributed by atoms with Crippen molar-refractivity contribution in [2.45, 2.75) is 38.1 Å². The van der Waals surface area contributed by atoms with Crippen LogP contribution in [0, 0.1) is 0 Å². The van der Waals surface area contributed by atoms with E-state index in [1.807, 2.05) is 30.3 Å². The third-order valence-corrected chi connectivity index (χ3v) is 3.80. The van der Waals surface area contributed by atoms with Crippen LogP contribution in [0.1, 0.15) is 32.1 Å². The molecule has 0 aliphatic heterocycles. The zero-order valence-corrected chi connectivity index (χ0v) is 11.6. The van der Waals surface area contributed by atoms with Crippen molar-refractivity contribution in [3.05, 3.63) is 30.3 Å². The molecule has 1 aromatic rings. The van der Waals surface area contributed by atoms with Gasteiger partial charge in [0.05, 0.1) is 6.61 Å². The van der Waals surface area contributed by atoms with Crippen LogP contribution in [0.4, 0.5) is 0 Å². The third-order valence-electron chi connectivity index (χ3n) is 3.80. The molecule has 106 valence electrons. The average molecular weight is 263 g/mol. The predicted molar refractivity (Wildman–Crippen MR) is 77.5 cm³/mol. The van der Waals surface area contributed by atoms with Gasteiger partial charge in [-0.15, -0.1) is 0 Å². The Labute approximate surface area is 116 Å². The SMILES string of the molecule is OCCCN(CCCOc1ccccc1)C1CCC1. The summed E-state index contributed by atoms with van der Waals surface area (Å²) >= 11 is 0. The number of hydrogen-bond donors (Lipinski definition) is 1. The van der Waals surface area contributed by atoms with E-state index in [0.29, 0.717) is 6.61 Å². The number of rotatable bonds is 9. The molecule has 0 radical (unpaired) electrons. The van der Waals surface area contributed by atoms with Crippen LogP contribution in [0.2, 0.25) is 0 Å². The number of ether oxygens (including phenoxy) is 1. The van der Waals surface area contributed by atoms with Gasteiger partial charge in [0, 0.05) is 25.7 Å². The highest BCUT2D eigenvalue weighted by Gasteiger charge is 2.23. The van der Waals surface area contributed by atoms with E-state index < -0.39 is 0 Å². The summed E-state index contributed by atoms with van der Waals surface area (Å²) in [6, 6.07) is 10.7. The molecular formula is C16H25NO2. The molecule has 1 fully saturated rings. The van der Waals surface area contributed by atoms with Crippen molar-refractivity contribution in [3.8, 4) is 5.75 Å². The Morgan fingerprint density at radius 2 is 1.84 bits per heavy atom. The minimum Gasteiger partial charge on any atom is -0.494 e. The molecule has 0 unspecified atom stereocenters. The lowest BCUT2D eigenvalue weighted by Crippen LogP contribution is -2.41. The van der Waals surface area contributed by atoms with Gasteiger partial charge < -0.3 is 14.7 Å². The molecule has 0 heterocycles. The summed E-state index contributed by atoms with van der Waals surface area (Å²) in [6.07, 6.45) is 5.95. The van der Waals surface area contributed by atoms with E-state index in [1.165, 1.54) is 19.3 Å². The van der Waals surface area contributed by atoms with Crippen molar-refractivity contribution in [2.24, 2.45) is 0 Å². The summed E-state index contributed by atoms with van der Waals surface area (Å²) in [7, 11) is 0. The van der Waals surface area contributed by atoms with Gasteiger partial charge in [0.1, 0.15) is 5.75 Å². The van der Waals surface area contributed by atoms with E-state index in [-0.39, 0.29) is 0 Å². The van der Waals surface area contributed by atoms with Gasteiger partial charge in [0.25, 0.3) is 0 Å². The number of para-hydroxylation sites is 1. The van der Waals surface area contributed by atoms with Crippen LogP contribution in [0.5, 0.6) is 5.75 Å². The lowest BCUT2D eigenvalue weighted by atomic mass is 9.91. The number of benzene rings is 1. The third kappa shape index (κ3) is 4.84. The molecule has 0 atom stereocenters. The van der Waals surface area contributed by atoms with E-state index in [1.54, 1.807) is 0 Å². The molecule has 0 aromatic heterocycles. The molecule has 1 aliphatic rings. The van der Waals surface area contributed by atoms with Crippen molar-refractivity contribution in [3.63, 3.8) is 0 Å².